The molecule has 1 aromatic carbocycles. The highest BCUT2D eigenvalue weighted by atomic mass is 16.6. The molecule has 21 heavy (non-hydrogen) atoms. The van der Waals surface area contributed by atoms with Crippen molar-refractivity contribution in [2.75, 3.05) is 0 Å². The summed E-state index contributed by atoms with van der Waals surface area (Å²) in [4.78, 5) is 33.5. The molecule has 7 heteroatoms. The molecule has 5 N–H and O–H groups in total. The fraction of sp³-hybridized carbons (Fsp3) is 0.357. The summed E-state index contributed by atoms with van der Waals surface area (Å²) in [5, 5.41) is 8.48. The van der Waals surface area contributed by atoms with Crippen LogP contribution in [0.25, 0.3) is 0 Å². The lowest BCUT2D eigenvalue weighted by molar-refractivity contribution is -0.161. The van der Waals surface area contributed by atoms with E-state index in [1.807, 2.05) is 6.07 Å². The molecule has 0 radical (unpaired) electrons. The van der Waals surface area contributed by atoms with Gasteiger partial charge in [0.1, 0.15) is 12.1 Å². The number of carbonyl (C=O) groups is 3. The van der Waals surface area contributed by atoms with Gasteiger partial charge < -0.3 is 21.3 Å². The lowest BCUT2D eigenvalue weighted by Crippen LogP contribution is -2.40. The summed E-state index contributed by atoms with van der Waals surface area (Å²) in [6.07, 6.45) is -0.146. The first kappa shape index (κ1) is 16.8. The molecule has 0 fully saturated rings. The minimum Gasteiger partial charge on any atom is -0.481 e. The van der Waals surface area contributed by atoms with Crippen LogP contribution < -0.4 is 11.5 Å². The molecule has 0 saturated heterocycles. The fourth-order valence-electron chi connectivity index (χ4n) is 1.60. The number of carboxylic acid groups (broad SMARTS) is 1. The Labute approximate surface area is 121 Å². The summed E-state index contributed by atoms with van der Waals surface area (Å²) in [5.41, 5.74) is 11.9. The van der Waals surface area contributed by atoms with Crippen molar-refractivity contribution < 1.29 is 24.2 Å². The van der Waals surface area contributed by atoms with Gasteiger partial charge in [-0.2, -0.15) is 0 Å². The zero-order chi connectivity index (χ0) is 15.8. The first-order valence-corrected chi connectivity index (χ1v) is 6.42. The van der Waals surface area contributed by atoms with Crippen LogP contribution in [0.2, 0.25) is 0 Å². The smallest absolute Gasteiger partial charge is 0.330 e. The van der Waals surface area contributed by atoms with Crippen molar-refractivity contribution in [3.05, 3.63) is 35.9 Å². The van der Waals surface area contributed by atoms with E-state index >= 15 is 0 Å². The minimum absolute atomic E-state index is 0.102. The molecule has 0 aliphatic carbocycles. The third-order valence-corrected chi connectivity index (χ3v) is 2.77. The molecule has 114 valence electrons. The van der Waals surface area contributed by atoms with E-state index in [9.17, 15) is 14.4 Å². The van der Waals surface area contributed by atoms with Gasteiger partial charge in [-0.25, -0.2) is 9.59 Å². The number of carboxylic acids is 1. The molecule has 2 atom stereocenters. The van der Waals surface area contributed by atoms with E-state index in [0.29, 0.717) is 0 Å². The van der Waals surface area contributed by atoms with Crippen molar-refractivity contribution >= 4 is 17.9 Å². The Hall–Kier alpha value is -2.25. The highest BCUT2D eigenvalue weighted by Crippen LogP contribution is 2.04. The summed E-state index contributed by atoms with van der Waals surface area (Å²) < 4.78 is 4.56. The van der Waals surface area contributed by atoms with Crippen LogP contribution in [0.15, 0.2) is 30.3 Å². The number of carbonyl (C=O) groups excluding carboxylic acids is 2. The van der Waals surface area contributed by atoms with Crippen LogP contribution in [0.1, 0.15) is 18.4 Å². The Kier molecular flexibility index (Phi) is 6.51. The van der Waals surface area contributed by atoms with Crippen molar-refractivity contribution in [1.82, 2.24) is 0 Å². The van der Waals surface area contributed by atoms with Gasteiger partial charge >= 0.3 is 17.9 Å². The van der Waals surface area contributed by atoms with Gasteiger partial charge in [0.15, 0.2) is 0 Å². The predicted octanol–water partition coefficient (Wildman–Crippen LogP) is -0.182. The molecular weight excluding hydrogens is 276 g/mol. The Bertz CT molecular complexity index is 503. The van der Waals surface area contributed by atoms with Crippen LogP contribution in [0, 0.1) is 0 Å². The van der Waals surface area contributed by atoms with E-state index in [1.54, 1.807) is 24.3 Å². The second-order valence-corrected chi connectivity index (χ2v) is 4.58. The zero-order valence-electron chi connectivity index (χ0n) is 11.4. The number of aliphatic carboxylic acids is 1. The van der Waals surface area contributed by atoms with Crippen molar-refractivity contribution in [1.29, 1.82) is 0 Å². The van der Waals surface area contributed by atoms with E-state index in [4.69, 9.17) is 16.6 Å². The van der Waals surface area contributed by atoms with E-state index in [0.717, 1.165) is 5.56 Å². The first-order valence-electron chi connectivity index (χ1n) is 6.42. The number of hydrogen-bond acceptors (Lipinski definition) is 6. The molecule has 1 rings (SSSR count). The van der Waals surface area contributed by atoms with Crippen LogP contribution in [-0.2, 0) is 25.5 Å². The van der Waals surface area contributed by atoms with Crippen molar-refractivity contribution in [3.8, 4) is 0 Å². The molecule has 0 spiro atoms. The van der Waals surface area contributed by atoms with E-state index in [1.165, 1.54) is 0 Å². The van der Waals surface area contributed by atoms with Crippen LogP contribution >= 0.6 is 0 Å². The Morgan fingerprint density at radius 3 is 2.19 bits per heavy atom. The molecule has 2 unspecified atom stereocenters. The first-order chi connectivity index (χ1) is 9.90. The lowest BCUT2D eigenvalue weighted by atomic mass is 10.1. The minimum atomic E-state index is -1.16. The normalized spacial score (nSPS) is 13.2. The highest BCUT2D eigenvalue weighted by Gasteiger charge is 2.23. The Balaban J connectivity index is 2.44. The Morgan fingerprint density at radius 1 is 1.05 bits per heavy atom. The van der Waals surface area contributed by atoms with E-state index < -0.39 is 30.0 Å². The molecule has 1 aromatic rings. The van der Waals surface area contributed by atoms with E-state index in [-0.39, 0.29) is 19.3 Å². The van der Waals surface area contributed by atoms with Crippen molar-refractivity contribution in [2.24, 2.45) is 11.5 Å². The number of nitrogens with two attached hydrogens (primary N) is 2. The summed E-state index contributed by atoms with van der Waals surface area (Å²) in [6, 6.07) is 6.90. The fourth-order valence-corrected chi connectivity index (χ4v) is 1.60. The van der Waals surface area contributed by atoms with Crippen molar-refractivity contribution in [2.45, 2.75) is 31.3 Å². The molecule has 0 aromatic heterocycles. The van der Waals surface area contributed by atoms with Gasteiger partial charge in [0.25, 0.3) is 0 Å². The standard InChI is InChI=1S/C14H18N2O5/c15-10(6-7-12(17)18)13(19)21-14(20)11(16)8-9-4-2-1-3-5-9/h1-5,10-11H,6-8,15-16H2,(H,17,18). The van der Waals surface area contributed by atoms with Gasteiger partial charge in [-0.05, 0) is 18.4 Å². The van der Waals surface area contributed by atoms with Crippen LogP contribution in [0.3, 0.4) is 0 Å². The SMILES string of the molecule is NC(CCC(=O)O)C(=O)OC(=O)C(N)Cc1ccccc1. The quantitative estimate of drug-likeness (QED) is 0.469. The number of esters is 2. The molecule has 0 heterocycles. The summed E-state index contributed by atoms with van der Waals surface area (Å²) >= 11 is 0. The maximum Gasteiger partial charge on any atom is 0.330 e. The largest absolute Gasteiger partial charge is 0.481 e. The number of ether oxygens (including phenoxy) is 1. The second-order valence-electron chi connectivity index (χ2n) is 4.58. The highest BCUT2D eigenvalue weighted by molar-refractivity contribution is 5.91. The van der Waals surface area contributed by atoms with Gasteiger partial charge in [-0.15, -0.1) is 0 Å². The molecule has 0 aliphatic rings. The lowest BCUT2D eigenvalue weighted by Gasteiger charge is -2.13. The number of hydrogen-bond donors (Lipinski definition) is 3. The number of rotatable bonds is 7. The second kappa shape index (κ2) is 8.13. The van der Waals surface area contributed by atoms with Crippen molar-refractivity contribution in [3.63, 3.8) is 0 Å². The Morgan fingerprint density at radius 2 is 1.62 bits per heavy atom. The maximum atomic E-state index is 11.7. The van der Waals surface area contributed by atoms with Crippen LogP contribution in [0.5, 0.6) is 0 Å². The summed E-state index contributed by atoms with van der Waals surface area (Å²) in [5.74, 6) is -2.93. The van der Waals surface area contributed by atoms with Gasteiger partial charge in [0.05, 0.1) is 0 Å². The predicted molar refractivity (Wildman–Crippen MR) is 74.1 cm³/mol. The molecular formula is C14H18N2O5. The molecule has 0 saturated carbocycles. The third kappa shape index (κ3) is 6.15. The monoisotopic (exact) mass is 294 g/mol. The van der Waals surface area contributed by atoms with Gasteiger partial charge in [0, 0.05) is 6.42 Å². The molecule has 0 amide bonds. The van der Waals surface area contributed by atoms with E-state index in [2.05, 4.69) is 4.74 Å². The topological polar surface area (TPSA) is 133 Å². The summed E-state index contributed by atoms with van der Waals surface area (Å²) in [7, 11) is 0. The summed E-state index contributed by atoms with van der Waals surface area (Å²) in [6.45, 7) is 0. The third-order valence-electron chi connectivity index (χ3n) is 2.77. The van der Waals surface area contributed by atoms with Crippen LogP contribution in [0.4, 0.5) is 0 Å². The maximum absolute atomic E-state index is 11.7. The zero-order valence-corrected chi connectivity index (χ0v) is 11.4. The molecule has 7 nitrogen and oxygen atoms in total. The average Bonchev–Trinajstić information content (AvgIpc) is 2.45. The average molecular weight is 294 g/mol. The van der Waals surface area contributed by atoms with Gasteiger partial charge in [0.2, 0.25) is 0 Å². The number of benzene rings is 1. The van der Waals surface area contributed by atoms with Crippen LogP contribution in [-0.4, -0.2) is 35.1 Å². The van der Waals surface area contributed by atoms with Gasteiger partial charge in [-0.1, -0.05) is 30.3 Å². The molecule has 0 bridgehead atoms. The van der Waals surface area contributed by atoms with Gasteiger partial charge in [-0.3, -0.25) is 4.79 Å². The molecule has 0 aliphatic heterocycles.